The molecule has 3 rings (SSSR count). The van der Waals surface area contributed by atoms with E-state index < -0.39 is 0 Å². The maximum absolute atomic E-state index is 12.7. The molecule has 0 aliphatic carbocycles. The molecule has 0 aliphatic rings. The van der Waals surface area contributed by atoms with E-state index in [-0.39, 0.29) is 11.4 Å². The Kier molecular flexibility index (Phi) is 5.21. The Morgan fingerprint density at radius 3 is 2.33 bits per heavy atom. The van der Waals surface area contributed by atoms with Crippen molar-refractivity contribution in [2.45, 2.75) is 33.2 Å². The molecule has 1 aromatic heterocycles. The van der Waals surface area contributed by atoms with Crippen LogP contribution in [0.1, 0.15) is 36.8 Å². The number of hydrogen-bond acceptors (Lipinski definition) is 4. The van der Waals surface area contributed by atoms with E-state index in [4.69, 9.17) is 0 Å². The first-order valence-corrected chi connectivity index (χ1v) is 8.91. The molecule has 27 heavy (non-hydrogen) atoms. The number of rotatable bonds is 4. The number of aryl methyl sites for hydroxylation is 1. The van der Waals surface area contributed by atoms with Crippen LogP contribution in [-0.4, -0.2) is 21.4 Å². The first-order chi connectivity index (χ1) is 12.8. The van der Waals surface area contributed by atoms with Gasteiger partial charge >= 0.3 is 0 Å². The van der Waals surface area contributed by atoms with Crippen molar-refractivity contribution in [3.8, 4) is 11.4 Å². The molecule has 2 N–H and O–H groups in total. The Morgan fingerprint density at radius 2 is 1.67 bits per heavy atom. The summed E-state index contributed by atoms with van der Waals surface area (Å²) in [5.41, 5.74) is 2.89. The predicted octanol–water partition coefficient (Wildman–Crippen LogP) is 4.72. The second-order valence-corrected chi connectivity index (χ2v) is 7.53. The molecular weight excluding hydrogens is 336 g/mol. The van der Waals surface area contributed by atoms with Crippen LogP contribution < -0.4 is 10.6 Å². The van der Waals surface area contributed by atoms with Crippen molar-refractivity contribution in [3.05, 3.63) is 71.9 Å². The van der Waals surface area contributed by atoms with Gasteiger partial charge in [0.25, 0.3) is 5.91 Å². The van der Waals surface area contributed by atoms with Gasteiger partial charge in [0.15, 0.2) is 5.82 Å². The quantitative estimate of drug-likeness (QED) is 0.706. The smallest absolute Gasteiger partial charge is 0.270 e. The first-order valence-electron chi connectivity index (χ1n) is 8.91. The van der Waals surface area contributed by atoms with Crippen molar-refractivity contribution in [3.63, 3.8) is 0 Å². The number of anilines is 2. The summed E-state index contributed by atoms with van der Waals surface area (Å²) in [6.45, 7) is 7.85. The summed E-state index contributed by atoms with van der Waals surface area (Å²) in [6.07, 6.45) is 0. The van der Waals surface area contributed by atoms with Gasteiger partial charge in [0.05, 0.1) is 0 Å². The van der Waals surface area contributed by atoms with E-state index in [2.05, 4.69) is 20.6 Å². The lowest BCUT2D eigenvalue weighted by Gasteiger charge is -2.20. The highest BCUT2D eigenvalue weighted by Crippen LogP contribution is 2.21. The van der Waals surface area contributed by atoms with Gasteiger partial charge in [-0.1, -0.05) is 42.5 Å². The molecule has 0 atom stereocenters. The Labute approximate surface area is 159 Å². The lowest BCUT2D eigenvalue weighted by Crippen LogP contribution is -2.41. The number of nitrogens with zero attached hydrogens (tertiary/aromatic N) is 2. The molecule has 2 aromatic carbocycles. The number of benzene rings is 2. The fourth-order valence-corrected chi connectivity index (χ4v) is 2.62. The third-order valence-electron chi connectivity index (χ3n) is 3.77. The Bertz CT molecular complexity index is 946. The molecule has 1 amide bonds. The van der Waals surface area contributed by atoms with Crippen molar-refractivity contribution >= 4 is 17.4 Å². The minimum atomic E-state index is -0.348. The van der Waals surface area contributed by atoms with E-state index in [0.29, 0.717) is 17.3 Å². The predicted molar refractivity (Wildman–Crippen MR) is 109 cm³/mol. The van der Waals surface area contributed by atoms with Gasteiger partial charge in [-0.2, -0.15) is 0 Å². The lowest BCUT2D eigenvalue weighted by molar-refractivity contribution is 0.0914. The number of amides is 1. The highest BCUT2D eigenvalue weighted by atomic mass is 16.2. The van der Waals surface area contributed by atoms with Gasteiger partial charge in [-0.25, -0.2) is 9.97 Å². The molecule has 1 heterocycles. The van der Waals surface area contributed by atoms with E-state index in [1.165, 1.54) is 0 Å². The normalized spacial score (nSPS) is 11.1. The van der Waals surface area contributed by atoms with Crippen LogP contribution in [0, 0.1) is 6.92 Å². The molecule has 5 heteroatoms. The van der Waals surface area contributed by atoms with Gasteiger partial charge in [0.1, 0.15) is 11.5 Å². The summed E-state index contributed by atoms with van der Waals surface area (Å²) in [5, 5.41) is 6.24. The summed E-state index contributed by atoms with van der Waals surface area (Å²) in [4.78, 5) is 21.8. The zero-order chi connectivity index (χ0) is 19.4. The van der Waals surface area contributed by atoms with Gasteiger partial charge in [0, 0.05) is 22.9 Å². The van der Waals surface area contributed by atoms with E-state index in [9.17, 15) is 4.79 Å². The van der Waals surface area contributed by atoms with Crippen molar-refractivity contribution in [1.29, 1.82) is 0 Å². The minimum Gasteiger partial charge on any atom is -0.346 e. The molecule has 0 bridgehead atoms. The van der Waals surface area contributed by atoms with Crippen LogP contribution in [0.2, 0.25) is 0 Å². The van der Waals surface area contributed by atoms with Gasteiger partial charge in [0.2, 0.25) is 0 Å². The minimum absolute atomic E-state index is 0.227. The summed E-state index contributed by atoms with van der Waals surface area (Å²) < 4.78 is 0. The molecule has 0 radical (unpaired) electrons. The summed E-state index contributed by atoms with van der Waals surface area (Å²) in [6, 6.07) is 19.3. The average Bonchev–Trinajstić information content (AvgIpc) is 2.61. The fraction of sp³-hybridized carbons (Fsp3) is 0.227. The van der Waals surface area contributed by atoms with Crippen LogP contribution in [-0.2, 0) is 0 Å². The SMILES string of the molecule is Cc1cccc(Nc2cc(C(=O)NC(C)(C)C)nc(-c3ccccc3)n2)c1. The lowest BCUT2D eigenvalue weighted by atomic mass is 10.1. The molecular formula is C22H24N4O. The third-order valence-corrected chi connectivity index (χ3v) is 3.77. The molecule has 0 saturated carbocycles. The van der Waals surface area contributed by atoms with Gasteiger partial charge in [-0.3, -0.25) is 4.79 Å². The number of aromatic nitrogens is 2. The summed E-state index contributed by atoms with van der Waals surface area (Å²) >= 11 is 0. The van der Waals surface area contributed by atoms with E-state index in [0.717, 1.165) is 16.8 Å². The number of carbonyl (C=O) groups is 1. The van der Waals surface area contributed by atoms with Crippen LogP contribution in [0.3, 0.4) is 0 Å². The van der Waals surface area contributed by atoms with Crippen LogP contribution in [0.4, 0.5) is 11.5 Å². The zero-order valence-electron chi connectivity index (χ0n) is 16.1. The molecule has 0 unspecified atom stereocenters. The molecule has 0 aliphatic heterocycles. The van der Waals surface area contributed by atoms with Crippen LogP contribution in [0.25, 0.3) is 11.4 Å². The monoisotopic (exact) mass is 360 g/mol. The third kappa shape index (κ3) is 5.14. The second-order valence-electron chi connectivity index (χ2n) is 7.53. The van der Waals surface area contributed by atoms with Crippen LogP contribution >= 0.6 is 0 Å². The van der Waals surface area contributed by atoms with Gasteiger partial charge in [-0.15, -0.1) is 0 Å². The van der Waals surface area contributed by atoms with E-state index in [1.54, 1.807) is 6.07 Å². The summed E-state index contributed by atoms with van der Waals surface area (Å²) in [5.74, 6) is 0.857. The van der Waals surface area contributed by atoms with Gasteiger partial charge < -0.3 is 10.6 Å². The maximum Gasteiger partial charge on any atom is 0.270 e. The summed E-state index contributed by atoms with van der Waals surface area (Å²) in [7, 11) is 0. The zero-order valence-corrected chi connectivity index (χ0v) is 16.1. The Balaban J connectivity index is 2.01. The van der Waals surface area contributed by atoms with E-state index >= 15 is 0 Å². The molecule has 0 fully saturated rings. The topological polar surface area (TPSA) is 66.9 Å². The van der Waals surface area contributed by atoms with Gasteiger partial charge in [-0.05, 0) is 45.4 Å². The Hall–Kier alpha value is -3.21. The molecule has 0 spiro atoms. The first kappa shape index (κ1) is 18.6. The largest absolute Gasteiger partial charge is 0.346 e. The molecule has 3 aromatic rings. The average molecular weight is 360 g/mol. The maximum atomic E-state index is 12.7. The van der Waals surface area contributed by atoms with Crippen molar-refractivity contribution in [2.75, 3.05) is 5.32 Å². The Morgan fingerprint density at radius 1 is 0.926 bits per heavy atom. The van der Waals surface area contributed by atoms with Crippen LogP contribution in [0.15, 0.2) is 60.7 Å². The van der Waals surface area contributed by atoms with E-state index in [1.807, 2.05) is 82.3 Å². The molecule has 5 nitrogen and oxygen atoms in total. The van der Waals surface area contributed by atoms with Crippen molar-refractivity contribution in [2.24, 2.45) is 0 Å². The highest BCUT2D eigenvalue weighted by Gasteiger charge is 2.18. The number of nitrogens with one attached hydrogen (secondary N) is 2. The number of carbonyl (C=O) groups excluding carboxylic acids is 1. The number of hydrogen-bond donors (Lipinski definition) is 2. The fourth-order valence-electron chi connectivity index (χ4n) is 2.62. The molecule has 138 valence electrons. The molecule has 0 saturated heterocycles. The highest BCUT2D eigenvalue weighted by molar-refractivity contribution is 5.94. The standard InChI is InChI=1S/C22H24N4O/c1-15-9-8-12-17(13-15)23-19-14-18(21(27)26-22(2,3)4)24-20(25-19)16-10-6-5-7-11-16/h5-14H,1-4H3,(H,26,27)(H,23,24,25). The van der Waals surface area contributed by atoms with Crippen molar-refractivity contribution in [1.82, 2.24) is 15.3 Å². The van der Waals surface area contributed by atoms with Crippen LogP contribution in [0.5, 0.6) is 0 Å². The second kappa shape index (κ2) is 7.58. The van der Waals surface area contributed by atoms with Crippen molar-refractivity contribution < 1.29 is 4.79 Å².